The molecule has 0 saturated heterocycles. The van der Waals surface area contributed by atoms with Gasteiger partial charge in [0.25, 0.3) is 0 Å². The second-order valence-electron chi connectivity index (χ2n) is 5.02. The molecule has 0 aliphatic carbocycles. The fraction of sp³-hybridized carbons (Fsp3) is 0.118. The summed E-state index contributed by atoms with van der Waals surface area (Å²) in [5.74, 6) is -3.25. The van der Waals surface area contributed by atoms with Gasteiger partial charge in [-0.15, -0.1) is 11.3 Å². The van der Waals surface area contributed by atoms with Crippen LogP contribution in [0.15, 0.2) is 42.2 Å². The van der Waals surface area contributed by atoms with Gasteiger partial charge in [-0.25, -0.2) is 0 Å². The van der Waals surface area contributed by atoms with Crippen LogP contribution in [0, 0.1) is 5.92 Å². The van der Waals surface area contributed by atoms with Gasteiger partial charge in [-0.3, -0.25) is 14.4 Å². The van der Waals surface area contributed by atoms with E-state index in [0.717, 1.165) is 16.2 Å². The van der Waals surface area contributed by atoms with E-state index in [1.165, 1.54) is 30.4 Å². The van der Waals surface area contributed by atoms with E-state index in [1.807, 2.05) is 24.3 Å². The molecule has 1 aromatic heterocycles. The predicted octanol–water partition coefficient (Wildman–Crippen LogP) is 3.78. The number of hydrogen-bond donors (Lipinski definition) is 0. The summed E-state index contributed by atoms with van der Waals surface area (Å²) < 4.78 is 5.83. The third-order valence-corrected chi connectivity index (χ3v) is 5.03. The lowest BCUT2D eigenvalue weighted by molar-refractivity contribution is -0.151. The summed E-state index contributed by atoms with van der Waals surface area (Å²) >= 11 is 7.71. The highest BCUT2D eigenvalue weighted by Crippen LogP contribution is 2.36. The standard InChI is InChI=1S/C17H11ClO4S/c1-9-8-12(20)15(17(21)22-9)11(19)6-7-14-16(18)10-4-2-3-5-13(10)23-14/h2-8,15H,1H3/b7-6+. The SMILES string of the molecule is CC1=CC(=O)C(C(=O)/C=C/c2sc3ccccc3c2Cl)C(=O)O1. The van der Waals surface area contributed by atoms with Crippen LogP contribution in [0.4, 0.5) is 0 Å². The van der Waals surface area contributed by atoms with Crippen LogP contribution in [0.1, 0.15) is 11.8 Å². The molecular weight excluding hydrogens is 336 g/mol. The molecule has 0 N–H and O–H groups in total. The van der Waals surface area contributed by atoms with Crippen molar-refractivity contribution in [1.82, 2.24) is 0 Å². The van der Waals surface area contributed by atoms with E-state index < -0.39 is 23.5 Å². The number of carbonyl (C=O) groups is 3. The van der Waals surface area contributed by atoms with E-state index >= 15 is 0 Å². The Balaban J connectivity index is 1.87. The number of fused-ring (bicyclic) bond motifs is 1. The monoisotopic (exact) mass is 346 g/mol. The minimum absolute atomic E-state index is 0.195. The van der Waals surface area contributed by atoms with Crippen molar-refractivity contribution < 1.29 is 19.1 Å². The second kappa shape index (κ2) is 6.10. The Labute approximate surface area is 141 Å². The highest BCUT2D eigenvalue weighted by Gasteiger charge is 2.36. The Hall–Kier alpha value is -2.24. The number of halogens is 1. The van der Waals surface area contributed by atoms with Crippen molar-refractivity contribution >= 4 is 56.6 Å². The molecule has 1 atom stereocenters. The van der Waals surface area contributed by atoms with Crippen molar-refractivity contribution in [3.63, 3.8) is 0 Å². The van der Waals surface area contributed by atoms with Crippen molar-refractivity contribution in [2.24, 2.45) is 5.92 Å². The van der Waals surface area contributed by atoms with Crippen LogP contribution in [0.2, 0.25) is 5.02 Å². The minimum atomic E-state index is -1.43. The fourth-order valence-corrected chi connectivity index (χ4v) is 3.70. The van der Waals surface area contributed by atoms with Gasteiger partial charge in [-0.2, -0.15) is 0 Å². The maximum atomic E-state index is 12.1. The summed E-state index contributed by atoms with van der Waals surface area (Å²) in [6.45, 7) is 1.49. The van der Waals surface area contributed by atoms with E-state index in [1.54, 1.807) is 0 Å². The van der Waals surface area contributed by atoms with Gasteiger partial charge < -0.3 is 4.74 Å². The van der Waals surface area contributed by atoms with Crippen LogP contribution in [-0.2, 0) is 19.1 Å². The van der Waals surface area contributed by atoms with Gasteiger partial charge in [0.2, 0.25) is 0 Å². The quantitative estimate of drug-likeness (QED) is 0.482. The van der Waals surface area contributed by atoms with Crippen LogP contribution in [-0.4, -0.2) is 17.5 Å². The smallest absolute Gasteiger partial charge is 0.329 e. The van der Waals surface area contributed by atoms with Gasteiger partial charge in [0.15, 0.2) is 17.5 Å². The lowest BCUT2D eigenvalue weighted by atomic mass is 9.96. The Kier molecular flexibility index (Phi) is 4.15. The normalized spacial score (nSPS) is 18.3. The maximum absolute atomic E-state index is 12.1. The van der Waals surface area contributed by atoms with Crippen LogP contribution < -0.4 is 0 Å². The first-order valence-corrected chi connectivity index (χ1v) is 7.99. The first kappa shape index (κ1) is 15.6. The summed E-state index contributed by atoms with van der Waals surface area (Å²) in [6.07, 6.45) is 3.89. The number of carbonyl (C=O) groups excluding carboxylic acids is 3. The van der Waals surface area contributed by atoms with Crippen LogP contribution in [0.3, 0.4) is 0 Å². The molecule has 0 fully saturated rings. The average Bonchev–Trinajstić information content (AvgIpc) is 2.81. The van der Waals surface area contributed by atoms with Gasteiger partial charge in [-0.05, 0) is 25.1 Å². The van der Waals surface area contributed by atoms with Crippen molar-refractivity contribution in [2.75, 3.05) is 0 Å². The average molecular weight is 347 g/mol. The molecule has 0 radical (unpaired) electrons. The molecule has 1 aromatic carbocycles. The zero-order valence-corrected chi connectivity index (χ0v) is 13.6. The summed E-state index contributed by atoms with van der Waals surface area (Å²) in [4.78, 5) is 36.4. The Morgan fingerprint density at radius 1 is 1.30 bits per heavy atom. The number of rotatable bonds is 3. The van der Waals surface area contributed by atoms with Crippen LogP contribution >= 0.6 is 22.9 Å². The molecule has 0 spiro atoms. The highest BCUT2D eigenvalue weighted by atomic mass is 35.5. The van der Waals surface area contributed by atoms with Gasteiger partial charge in [0, 0.05) is 21.0 Å². The summed E-state index contributed by atoms with van der Waals surface area (Å²) in [6, 6.07) is 7.60. The van der Waals surface area contributed by atoms with E-state index in [-0.39, 0.29) is 5.76 Å². The molecule has 0 saturated carbocycles. The Morgan fingerprint density at radius 2 is 2.04 bits per heavy atom. The van der Waals surface area contributed by atoms with Gasteiger partial charge in [0.05, 0.1) is 5.02 Å². The summed E-state index contributed by atoms with van der Waals surface area (Å²) in [5, 5.41) is 1.45. The molecule has 3 rings (SSSR count). The molecular formula is C17H11ClO4S. The van der Waals surface area contributed by atoms with E-state index in [4.69, 9.17) is 16.3 Å². The fourth-order valence-electron chi connectivity index (χ4n) is 2.30. The number of ketones is 2. The number of ether oxygens (including phenoxy) is 1. The Bertz CT molecular complexity index is 891. The highest BCUT2D eigenvalue weighted by molar-refractivity contribution is 7.20. The lowest BCUT2D eigenvalue weighted by Gasteiger charge is -2.15. The number of thiophene rings is 1. The van der Waals surface area contributed by atoms with Crippen molar-refractivity contribution in [3.8, 4) is 0 Å². The zero-order valence-electron chi connectivity index (χ0n) is 12.0. The minimum Gasteiger partial charge on any atom is -0.430 e. The Morgan fingerprint density at radius 3 is 2.74 bits per heavy atom. The maximum Gasteiger partial charge on any atom is 0.329 e. The van der Waals surface area contributed by atoms with Gasteiger partial charge >= 0.3 is 5.97 Å². The van der Waals surface area contributed by atoms with Crippen LogP contribution in [0.25, 0.3) is 16.2 Å². The molecule has 6 heteroatoms. The van der Waals surface area contributed by atoms with Crippen LogP contribution in [0.5, 0.6) is 0 Å². The summed E-state index contributed by atoms with van der Waals surface area (Å²) in [5.41, 5.74) is 0. The summed E-state index contributed by atoms with van der Waals surface area (Å²) in [7, 11) is 0. The van der Waals surface area contributed by atoms with Crippen molar-refractivity contribution in [2.45, 2.75) is 6.92 Å². The first-order chi connectivity index (χ1) is 11.0. The molecule has 1 aliphatic heterocycles. The van der Waals surface area contributed by atoms with E-state index in [2.05, 4.69) is 0 Å². The molecule has 23 heavy (non-hydrogen) atoms. The van der Waals surface area contributed by atoms with Gasteiger partial charge in [0.1, 0.15) is 5.76 Å². The van der Waals surface area contributed by atoms with Crippen molar-refractivity contribution in [3.05, 3.63) is 52.1 Å². The van der Waals surface area contributed by atoms with E-state index in [0.29, 0.717) is 9.90 Å². The van der Waals surface area contributed by atoms with Gasteiger partial charge in [-0.1, -0.05) is 29.8 Å². The molecule has 116 valence electrons. The number of benzene rings is 1. The predicted molar refractivity (Wildman–Crippen MR) is 89.2 cm³/mol. The largest absolute Gasteiger partial charge is 0.430 e. The topological polar surface area (TPSA) is 60.4 Å². The third kappa shape index (κ3) is 2.98. The molecule has 4 nitrogen and oxygen atoms in total. The zero-order chi connectivity index (χ0) is 16.6. The number of cyclic esters (lactones) is 1. The number of allylic oxidation sites excluding steroid dienone is 3. The third-order valence-electron chi connectivity index (χ3n) is 3.37. The second-order valence-corrected chi connectivity index (χ2v) is 6.49. The molecule has 1 unspecified atom stereocenters. The molecule has 0 bridgehead atoms. The van der Waals surface area contributed by atoms with E-state index in [9.17, 15) is 14.4 Å². The number of esters is 1. The molecule has 1 aliphatic rings. The van der Waals surface area contributed by atoms with Crippen molar-refractivity contribution in [1.29, 1.82) is 0 Å². The number of hydrogen-bond acceptors (Lipinski definition) is 5. The first-order valence-electron chi connectivity index (χ1n) is 6.80. The molecule has 2 heterocycles. The molecule has 2 aromatic rings. The lowest BCUT2D eigenvalue weighted by Crippen LogP contribution is -2.34. The molecule has 0 amide bonds.